The van der Waals surface area contributed by atoms with Crippen LogP contribution in [-0.2, 0) is 4.79 Å². The Morgan fingerprint density at radius 2 is 1.88 bits per heavy atom. The lowest BCUT2D eigenvalue weighted by Gasteiger charge is -2.34. The van der Waals surface area contributed by atoms with Crippen LogP contribution in [0, 0.1) is 0 Å². The number of hydrogen-bond acceptors (Lipinski definition) is 5. The average molecular weight is 361 g/mol. The van der Waals surface area contributed by atoms with Gasteiger partial charge in [-0.15, -0.1) is 0 Å². The minimum absolute atomic E-state index is 0.320. The molecule has 25 heavy (non-hydrogen) atoms. The molecule has 136 valence electrons. The van der Waals surface area contributed by atoms with Crippen LogP contribution >= 0.6 is 11.3 Å². The van der Waals surface area contributed by atoms with Crippen LogP contribution < -0.4 is 4.90 Å². The standard InChI is InChI=1S/C19H28N4OS/c1-2-3-4-5-6-7-10-17(24)22-12-14-23(15-13-22)19-21-16-9-8-11-20-18(16)25-19/h8-9,11H,2-7,10,12-15H2,1H3. The van der Waals surface area contributed by atoms with Gasteiger partial charge in [0.25, 0.3) is 0 Å². The molecule has 0 spiro atoms. The summed E-state index contributed by atoms with van der Waals surface area (Å²) in [4.78, 5) is 26.7. The number of nitrogens with zero attached hydrogens (tertiary/aromatic N) is 4. The Labute approximate surface area is 154 Å². The van der Waals surface area contributed by atoms with Gasteiger partial charge in [-0.2, -0.15) is 0 Å². The SMILES string of the molecule is CCCCCCCCC(=O)N1CCN(c2nc3cccnc3s2)CC1. The molecule has 3 heterocycles. The Kier molecular flexibility index (Phi) is 6.62. The largest absolute Gasteiger partial charge is 0.344 e. The van der Waals surface area contributed by atoms with Crippen molar-refractivity contribution in [1.82, 2.24) is 14.9 Å². The molecule has 0 aromatic carbocycles. The van der Waals surface area contributed by atoms with E-state index in [1.165, 1.54) is 32.1 Å². The number of anilines is 1. The van der Waals surface area contributed by atoms with Crippen LogP contribution in [-0.4, -0.2) is 47.0 Å². The van der Waals surface area contributed by atoms with Crippen molar-refractivity contribution >= 4 is 32.7 Å². The molecule has 0 aliphatic carbocycles. The van der Waals surface area contributed by atoms with Crippen LogP contribution in [0.5, 0.6) is 0 Å². The van der Waals surface area contributed by atoms with E-state index < -0.39 is 0 Å². The summed E-state index contributed by atoms with van der Waals surface area (Å²) in [6.07, 6.45) is 9.89. The number of thiazole rings is 1. The first-order valence-corrected chi connectivity index (χ1v) is 10.3. The molecule has 0 N–H and O–H groups in total. The lowest BCUT2D eigenvalue weighted by atomic mass is 10.1. The molecule has 6 heteroatoms. The summed E-state index contributed by atoms with van der Waals surface area (Å²) in [5.41, 5.74) is 0.962. The maximum atomic E-state index is 12.4. The van der Waals surface area contributed by atoms with E-state index in [1.54, 1.807) is 11.3 Å². The van der Waals surface area contributed by atoms with Gasteiger partial charge >= 0.3 is 0 Å². The number of rotatable bonds is 8. The van der Waals surface area contributed by atoms with E-state index in [-0.39, 0.29) is 0 Å². The zero-order valence-corrected chi connectivity index (χ0v) is 15.9. The van der Waals surface area contributed by atoms with Crippen LogP contribution in [0.1, 0.15) is 51.9 Å². The van der Waals surface area contributed by atoms with E-state index in [2.05, 4.69) is 21.8 Å². The summed E-state index contributed by atoms with van der Waals surface area (Å²) in [6, 6.07) is 3.92. The van der Waals surface area contributed by atoms with E-state index >= 15 is 0 Å². The van der Waals surface area contributed by atoms with Crippen molar-refractivity contribution in [3.63, 3.8) is 0 Å². The number of unbranched alkanes of at least 4 members (excludes halogenated alkanes) is 5. The normalized spacial score (nSPS) is 15.1. The molecule has 0 radical (unpaired) electrons. The monoisotopic (exact) mass is 360 g/mol. The predicted octanol–water partition coefficient (Wildman–Crippen LogP) is 4.09. The fourth-order valence-corrected chi connectivity index (χ4v) is 4.22. The number of carbonyl (C=O) groups excluding carboxylic acids is 1. The third-order valence-corrected chi connectivity index (χ3v) is 5.84. The van der Waals surface area contributed by atoms with Gasteiger partial charge < -0.3 is 9.80 Å². The summed E-state index contributed by atoms with van der Waals surface area (Å²) in [7, 11) is 0. The second kappa shape index (κ2) is 9.13. The van der Waals surface area contributed by atoms with Crippen molar-refractivity contribution in [2.24, 2.45) is 0 Å². The molecule has 1 amide bonds. The molecule has 2 aromatic heterocycles. The van der Waals surface area contributed by atoms with Gasteiger partial charge in [-0.05, 0) is 18.6 Å². The zero-order valence-electron chi connectivity index (χ0n) is 15.1. The lowest BCUT2D eigenvalue weighted by molar-refractivity contribution is -0.131. The molecule has 5 nitrogen and oxygen atoms in total. The highest BCUT2D eigenvalue weighted by atomic mass is 32.1. The highest BCUT2D eigenvalue weighted by molar-refractivity contribution is 7.21. The molecule has 0 atom stereocenters. The minimum atomic E-state index is 0.320. The molecular weight excluding hydrogens is 332 g/mol. The summed E-state index contributed by atoms with van der Waals surface area (Å²) < 4.78 is 0. The minimum Gasteiger partial charge on any atom is -0.344 e. The second-order valence-electron chi connectivity index (χ2n) is 6.71. The fraction of sp³-hybridized carbons (Fsp3) is 0.632. The molecule has 2 aromatic rings. The van der Waals surface area contributed by atoms with E-state index in [0.717, 1.165) is 48.1 Å². The first-order valence-electron chi connectivity index (χ1n) is 9.52. The van der Waals surface area contributed by atoms with Crippen molar-refractivity contribution < 1.29 is 4.79 Å². The Balaban J connectivity index is 1.41. The number of hydrogen-bond donors (Lipinski definition) is 0. The number of amides is 1. The number of fused-ring (bicyclic) bond motifs is 1. The smallest absolute Gasteiger partial charge is 0.222 e. The van der Waals surface area contributed by atoms with Crippen molar-refractivity contribution in [3.05, 3.63) is 18.3 Å². The van der Waals surface area contributed by atoms with Gasteiger partial charge in [-0.25, -0.2) is 9.97 Å². The van der Waals surface area contributed by atoms with E-state index in [9.17, 15) is 4.79 Å². The predicted molar refractivity (Wildman–Crippen MR) is 104 cm³/mol. The maximum absolute atomic E-state index is 12.4. The van der Waals surface area contributed by atoms with Crippen molar-refractivity contribution in [3.8, 4) is 0 Å². The van der Waals surface area contributed by atoms with Gasteiger partial charge in [-0.3, -0.25) is 4.79 Å². The van der Waals surface area contributed by atoms with Crippen LogP contribution in [0.25, 0.3) is 10.3 Å². The Morgan fingerprint density at radius 1 is 1.12 bits per heavy atom. The quantitative estimate of drug-likeness (QED) is 0.665. The van der Waals surface area contributed by atoms with Crippen LogP contribution in [0.2, 0.25) is 0 Å². The lowest BCUT2D eigenvalue weighted by Crippen LogP contribution is -2.48. The highest BCUT2D eigenvalue weighted by Gasteiger charge is 2.22. The average Bonchev–Trinajstić information content (AvgIpc) is 3.09. The number of aromatic nitrogens is 2. The topological polar surface area (TPSA) is 49.3 Å². The number of pyridine rings is 1. The van der Waals surface area contributed by atoms with E-state index in [0.29, 0.717) is 12.3 Å². The molecule has 1 saturated heterocycles. The Morgan fingerprint density at radius 3 is 2.64 bits per heavy atom. The zero-order chi connectivity index (χ0) is 17.5. The van der Waals surface area contributed by atoms with Crippen molar-refractivity contribution in [2.75, 3.05) is 31.1 Å². The fourth-order valence-electron chi connectivity index (χ4n) is 3.26. The third kappa shape index (κ3) is 4.91. The van der Waals surface area contributed by atoms with Gasteiger partial charge in [-0.1, -0.05) is 50.4 Å². The summed E-state index contributed by atoms with van der Waals surface area (Å²) >= 11 is 1.64. The Hall–Kier alpha value is -1.69. The maximum Gasteiger partial charge on any atom is 0.222 e. The second-order valence-corrected chi connectivity index (χ2v) is 7.67. The van der Waals surface area contributed by atoms with Crippen LogP contribution in [0.4, 0.5) is 5.13 Å². The van der Waals surface area contributed by atoms with E-state index in [4.69, 9.17) is 0 Å². The Bertz CT molecular complexity index is 646. The highest BCUT2D eigenvalue weighted by Crippen LogP contribution is 2.27. The first-order chi connectivity index (χ1) is 12.3. The van der Waals surface area contributed by atoms with Gasteiger partial charge in [0.15, 0.2) is 5.13 Å². The summed E-state index contributed by atoms with van der Waals surface area (Å²) in [6.45, 7) is 5.56. The molecule has 0 bridgehead atoms. The van der Waals surface area contributed by atoms with Gasteiger partial charge in [0, 0.05) is 38.8 Å². The van der Waals surface area contributed by atoms with Crippen molar-refractivity contribution in [1.29, 1.82) is 0 Å². The number of carbonyl (C=O) groups is 1. The van der Waals surface area contributed by atoms with Gasteiger partial charge in [0.05, 0.1) is 0 Å². The molecule has 0 unspecified atom stereocenters. The molecule has 0 saturated carbocycles. The van der Waals surface area contributed by atoms with E-state index in [1.807, 2.05) is 23.2 Å². The van der Waals surface area contributed by atoms with Crippen molar-refractivity contribution in [2.45, 2.75) is 51.9 Å². The third-order valence-electron chi connectivity index (χ3n) is 4.80. The molecular formula is C19H28N4OS. The number of piperazine rings is 1. The molecule has 1 aliphatic rings. The summed E-state index contributed by atoms with van der Waals surface area (Å²) in [5, 5.41) is 1.02. The van der Waals surface area contributed by atoms with Gasteiger partial charge in [0.2, 0.25) is 5.91 Å². The first kappa shape index (κ1) is 18.1. The molecule has 1 fully saturated rings. The van der Waals surface area contributed by atoms with Crippen LogP contribution in [0.15, 0.2) is 18.3 Å². The summed E-state index contributed by atoms with van der Waals surface area (Å²) in [5.74, 6) is 0.320. The molecule has 1 aliphatic heterocycles. The van der Waals surface area contributed by atoms with Crippen LogP contribution in [0.3, 0.4) is 0 Å². The van der Waals surface area contributed by atoms with Gasteiger partial charge in [0.1, 0.15) is 10.3 Å². The molecule has 3 rings (SSSR count).